The van der Waals surface area contributed by atoms with Crippen molar-refractivity contribution in [3.05, 3.63) is 74.2 Å². The van der Waals surface area contributed by atoms with Gasteiger partial charge in [-0.3, -0.25) is 19.3 Å². The summed E-state index contributed by atoms with van der Waals surface area (Å²) in [5.74, 6) is -2.96. The molecule has 0 radical (unpaired) electrons. The predicted molar refractivity (Wildman–Crippen MR) is 118 cm³/mol. The highest BCUT2D eigenvalue weighted by Gasteiger charge is 2.53. The Morgan fingerprint density at radius 1 is 1.03 bits per heavy atom. The molecule has 0 N–H and O–H groups in total. The molecule has 0 aliphatic carbocycles. The summed E-state index contributed by atoms with van der Waals surface area (Å²) in [7, 11) is 0. The summed E-state index contributed by atoms with van der Waals surface area (Å²) in [6.07, 6.45) is 0. The lowest BCUT2D eigenvalue weighted by Crippen LogP contribution is -2.30. The Morgan fingerprint density at radius 3 is 2.37 bits per heavy atom. The second-order valence-corrected chi connectivity index (χ2v) is 9.38. The Balaban J connectivity index is 1.87. The zero-order valence-corrected chi connectivity index (χ0v) is 19.0. The SMILES string of the molecule is Cc1ccc(C)c(C(=O)C2C(=O)C(=O)N(c3nnc(C)s3)C2c2ccc(Br)cc2)c1. The summed E-state index contributed by atoms with van der Waals surface area (Å²) >= 11 is 4.62. The number of nitrogens with zero attached hydrogens (tertiary/aromatic N) is 3. The third kappa shape index (κ3) is 3.50. The third-order valence-electron chi connectivity index (χ3n) is 5.18. The fourth-order valence-corrected chi connectivity index (χ4v) is 4.68. The molecule has 8 heteroatoms. The van der Waals surface area contributed by atoms with Crippen molar-refractivity contribution in [2.45, 2.75) is 26.8 Å². The molecule has 30 heavy (non-hydrogen) atoms. The van der Waals surface area contributed by atoms with E-state index in [1.807, 2.05) is 50.2 Å². The van der Waals surface area contributed by atoms with Crippen molar-refractivity contribution in [3.63, 3.8) is 0 Å². The maximum atomic E-state index is 13.6. The van der Waals surface area contributed by atoms with Crippen molar-refractivity contribution >= 4 is 49.9 Å². The van der Waals surface area contributed by atoms with E-state index in [9.17, 15) is 14.4 Å². The fourth-order valence-electron chi connectivity index (χ4n) is 3.69. The summed E-state index contributed by atoms with van der Waals surface area (Å²) in [6, 6.07) is 12.0. The number of Topliss-reactive ketones (excluding diaryl/α,β-unsaturated/α-hetero) is 2. The smallest absolute Gasteiger partial charge is 0.293 e. The number of anilines is 1. The van der Waals surface area contributed by atoms with Crippen LogP contribution in [0.25, 0.3) is 0 Å². The van der Waals surface area contributed by atoms with Crippen molar-refractivity contribution < 1.29 is 14.4 Å². The quantitative estimate of drug-likeness (QED) is 0.312. The highest BCUT2D eigenvalue weighted by atomic mass is 79.9. The minimum Gasteiger partial charge on any atom is -0.293 e. The molecule has 1 fully saturated rings. The van der Waals surface area contributed by atoms with E-state index in [0.29, 0.717) is 21.3 Å². The van der Waals surface area contributed by atoms with E-state index in [1.165, 1.54) is 16.2 Å². The van der Waals surface area contributed by atoms with E-state index in [2.05, 4.69) is 26.1 Å². The summed E-state index contributed by atoms with van der Waals surface area (Å²) in [4.78, 5) is 41.0. The first-order valence-corrected chi connectivity index (χ1v) is 10.9. The average Bonchev–Trinajstić information content (AvgIpc) is 3.25. The maximum absolute atomic E-state index is 13.6. The van der Waals surface area contributed by atoms with Crippen LogP contribution in [0.5, 0.6) is 0 Å². The number of hydrogen-bond donors (Lipinski definition) is 0. The van der Waals surface area contributed by atoms with E-state index < -0.39 is 23.7 Å². The highest BCUT2D eigenvalue weighted by molar-refractivity contribution is 9.10. The molecule has 1 aromatic heterocycles. The second kappa shape index (κ2) is 7.85. The van der Waals surface area contributed by atoms with Crippen LogP contribution in [0.1, 0.15) is 38.1 Å². The monoisotopic (exact) mass is 483 g/mol. The maximum Gasteiger partial charge on any atom is 0.297 e. The molecule has 4 rings (SSSR count). The van der Waals surface area contributed by atoms with Gasteiger partial charge in [-0.15, -0.1) is 10.2 Å². The van der Waals surface area contributed by atoms with Crippen molar-refractivity contribution in [2.75, 3.05) is 4.90 Å². The zero-order valence-electron chi connectivity index (χ0n) is 16.5. The molecular formula is C22H18BrN3O3S. The van der Waals surface area contributed by atoms with Crippen LogP contribution >= 0.6 is 27.3 Å². The van der Waals surface area contributed by atoms with E-state index >= 15 is 0 Å². The summed E-state index contributed by atoms with van der Waals surface area (Å²) in [5.41, 5.74) is 2.83. The molecular weight excluding hydrogens is 466 g/mol. The fraction of sp³-hybridized carbons (Fsp3) is 0.227. The Kier molecular flexibility index (Phi) is 5.38. The molecule has 152 valence electrons. The molecule has 1 aliphatic heterocycles. The lowest BCUT2D eigenvalue weighted by molar-refractivity contribution is -0.135. The number of carbonyl (C=O) groups excluding carboxylic acids is 3. The number of carbonyl (C=O) groups is 3. The minimum atomic E-state index is -1.15. The Labute approximate surface area is 186 Å². The molecule has 1 aliphatic rings. The van der Waals surface area contributed by atoms with Gasteiger partial charge in [0.15, 0.2) is 5.78 Å². The van der Waals surface area contributed by atoms with Crippen LogP contribution in [0.3, 0.4) is 0 Å². The van der Waals surface area contributed by atoms with Crippen LogP contribution in [-0.4, -0.2) is 27.7 Å². The van der Waals surface area contributed by atoms with Crippen molar-refractivity contribution in [2.24, 2.45) is 5.92 Å². The topological polar surface area (TPSA) is 80.2 Å². The summed E-state index contributed by atoms with van der Waals surface area (Å²) in [5, 5.41) is 9.05. The van der Waals surface area contributed by atoms with Crippen molar-refractivity contribution in [1.29, 1.82) is 0 Å². The van der Waals surface area contributed by atoms with Crippen LogP contribution in [0.4, 0.5) is 5.13 Å². The molecule has 1 saturated heterocycles. The van der Waals surface area contributed by atoms with Crippen LogP contribution < -0.4 is 4.90 Å². The number of rotatable bonds is 4. The Bertz CT molecular complexity index is 1170. The van der Waals surface area contributed by atoms with Gasteiger partial charge in [-0.2, -0.15) is 0 Å². The Morgan fingerprint density at radius 2 is 1.73 bits per heavy atom. The predicted octanol–water partition coefficient (Wildman–Crippen LogP) is 4.38. The minimum absolute atomic E-state index is 0.315. The number of halogens is 1. The number of aromatic nitrogens is 2. The van der Waals surface area contributed by atoms with Gasteiger partial charge in [-0.05, 0) is 50.1 Å². The zero-order chi connectivity index (χ0) is 21.6. The van der Waals surface area contributed by atoms with Gasteiger partial charge in [0.2, 0.25) is 10.9 Å². The Hall–Kier alpha value is -2.71. The van der Waals surface area contributed by atoms with Gasteiger partial charge in [0, 0.05) is 10.0 Å². The number of hydrogen-bond acceptors (Lipinski definition) is 6. The number of aryl methyl sites for hydroxylation is 3. The second-order valence-electron chi connectivity index (χ2n) is 7.30. The van der Waals surface area contributed by atoms with Gasteiger partial charge >= 0.3 is 0 Å². The largest absolute Gasteiger partial charge is 0.297 e. The van der Waals surface area contributed by atoms with Crippen LogP contribution in [-0.2, 0) is 9.59 Å². The average molecular weight is 484 g/mol. The number of amides is 1. The van der Waals surface area contributed by atoms with Gasteiger partial charge in [0.25, 0.3) is 5.91 Å². The molecule has 2 heterocycles. The molecule has 0 bridgehead atoms. The van der Waals surface area contributed by atoms with Crippen LogP contribution in [0, 0.1) is 26.7 Å². The first kappa shape index (κ1) is 20.6. The molecule has 0 saturated carbocycles. The van der Waals surface area contributed by atoms with Crippen molar-refractivity contribution in [3.8, 4) is 0 Å². The number of benzene rings is 2. The van der Waals surface area contributed by atoms with E-state index in [0.717, 1.165) is 15.6 Å². The first-order valence-electron chi connectivity index (χ1n) is 9.32. The molecule has 2 aromatic carbocycles. The molecule has 6 nitrogen and oxygen atoms in total. The van der Waals surface area contributed by atoms with Crippen molar-refractivity contribution in [1.82, 2.24) is 10.2 Å². The molecule has 2 atom stereocenters. The summed E-state index contributed by atoms with van der Waals surface area (Å²) in [6.45, 7) is 5.49. The van der Waals surface area contributed by atoms with Gasteiger partial charge in [-0.25, -0.2) is 0 Å². The van der Waals surface area contributed by atoms with E-state index in [4.69, 9.17) is 0 Å². The van der Waals surface area contributed by atoms with Gasteiger partial charge < -0.3 is 0 Å². The highest BCUT2D eigenvalue weighted by Crippen LogP contribution is 2.42. The van der Waals surface area contributed by atoms with Crippen LogP contribution in [0.2, 0.25) is 0 Å². The molecule has 3 aromatic rings. The third-order valence-corrected chi connectivity index (χ3v) is 6.55. The molecule has 1 amide bonds. The normalized spacial score (nSPS) is 18.9. The van der Waals surface area contributed by atoms with Gasteiger partial charge in [-0.1, -0.05) is 57.1 Å². The lowest BCUT2D eigenvalue weighted by atomic mass is 9.85. The first-order chi connectivity index (χ1) is 14.3. The number of ketones is 2. The van der Waals surface area contributed by atoms with E-state index in [-0.39, 0.29) is 5.78 Å². The summed E-state index contributed by atoms with van der Waals surface area (Å²) < 4.78 is 0.859. The lowest BCUT2D eigenvalue weighted by Gasteiger charge is -2.25. The van der Waals surface area contributed by atoms with E-state index in [1.54, 1.807) is 13.0 Å². The van der Waals surface area contributed by atoms with Gasteiger partial charge in [0.1, 0.15) is 10.9 Å². The standard InChI is InChI=1S/C22H18BrN3O3S/c1-11-4-5-12(2)16(10-11)19(27)17-18(14-6-8-15(23)9-7-14)26(21(29)20(17)28)22-25-24-13(3)30-22/h4-10,17-18H,1-3H3. The van der Waals surface area contributed by atoms with Crippen LogP contribution in [0.15, 0.2) is 46.9 Å². The van der Waals surface area contributed by atoms with Gasteiger partial charge in [0.05, 0.1) is 6.04 Å². The molecule has 2 unspecified atom stereocenters. The molecule has 0 spiro atoms.